The minimum absolute atomic E-state index is 0.0238. The Morgan fingerprint density at radius 2 is 2.27 bits per heavy atom. The molecule has 0 aromatic heterocycles. The van der Waals surface area contributed by atoms with Gasteiger partial charge in [0.25, 0.3) is 0 Å². The van der Waals surface area contributed by atoms with E-state index in [-0.39, 0.29) is 12.0 Å². The average molecular weight is 306 g/mol. The van der Waals surface area contributed by atoms with Gasteiger partial charge in [0.05, 0.1) is 37.1 Å². The van der Waals surface area contributed by atoms with Crippen molar-refractivity contribution in [2.75, 3.05) is 43.6 Å². The van der Waals surface area contributed by atoms with E-state index < -0.39 is 0 Å². The number of carbonyl (C=O) groups excluding carboxylic acids is 1. The molecule has 0 bridgehead atoms. The Hall–Kier alpha value is -1.59. The Balaban J connectivity index is 1.74. The van der Waals surface area contributed by atoms with Crippen LogP contribution in [0, 0.1) is 0 Å². The molecule has 1 unspecified atom stereocenters. The maximum atomic E-state index is 12.0. The number of ether oxygens (including phenoxy) is 2. The van der Waals surface area contributed by atoms with Gasteiger partial charge in [0, 0.05) is 20.2 Å². The van der Waals surface area contributed by atoms with Gasteiger partial charge < -0.3 is 19.7 Å². The van der Waals surface area contributed by atoms with Crippen LogP contribution in [0.2, 0.25) is 0 Å². The molecule has 1 saturated heterocycles. The fourth-order valence-corrected chi connectivity index (χ4v) is 2.45. The summed E-state index contributed by atoms with van der Waals surface area (Å²) in [6.45, 7) is 4.81. The molecule has 1 amide bonds. The highest BCUT2D eigenvalue weighted by atomic mass is 16.5. The second kappa shape index (κ2) is 8.76. The lowest BCUT2D eigenvalue weighted by Crippen LogP contribution is -2.21. The zero-order valence-electron chi connectivity index (χ0n) is 13.5. The summed E-state index contributed by atoms with van der Waals surface area (Å²) in [6, 6.07) is 7.83. The lowest BCUT2D eigenvalue weighted by Gasteiger charge is -2.20. The van der Waals surface area contributed by atoms with Crippen molar-refractivity contribution in [3.05, 3.63) is 24.3 Å². The standard InChI is InChI=1S/C17H26N2O3/c1-3-19(2)16-9-5-4-8-15(16)18-17(20)10-12-21-13-14-7-6-11-22-14/h4-5,8-9,14H,3,6-7,10-13H2,1-2H3,(H,18,20). The summed E-state index contributed by atoms with van der Waals surface area (Å²) >= 11 is 0. The summed E-state index contributed by atoms with van der Waals surface area (Å²) in [4.78, 5) is 14.1. The fourth-order valence-electron chi connectivity index (χ4n) is 2.45. The Labute approximate surface area is 132 Å². The molecular weight excluding hydrogens is 280 g/mol. The summed E-state index contributed by atoms with van der Waals surface area (Å²) in [7, 11) is 2.01. The number of carbonyl (C=O) groups is 1. The van der Waals surface area contributed by atoms with E-state index in [1.54, 1.807) is 0 Å². The SMILES string of the molecule is CCN(C)c1ccccc1NC(=O)CCOCC1CCCO1. The van der Waals surface area contributed by atoms with Crippen LogP contribution in [0.5, 0.6) is 0 Å². The van der Waals surface area contributed by atoms with Crippen LogP contribution < -0.4 is 10.2 Å². The largest absolute Gasteiger partial charge is 0.378 e. The van der Waals surface area contributed by atoms with E-state index in [0.29, 0.717) is 19.6 Å². The van der Waals surface area contributed by atoms with E-state index in [0.717, 1.165) is 37.4 Å². The van der Waals surface area contributed by atoms with Gasteiger partial charge in [-0.1, -0.05) is 12.1 Å². The van der Waals surface area contributed by atoms with Gasteiger partial charge in [0.1, 0.15) is 0 Å². The van der Waals surface area contributed by atoms with Crippen molar-refractivity contribution < 1.29 is 14.3 Å². The molecule has 22 heavy (non-hydrogen) atoms. The van der Waals surface area contributed by atoms with Crippen molar-refractivity contribution in [2.45, 2.75) is 32.3 Å². The molecule has 0 spiro atoms. The lowest BCUT2D eigenvalue weighted by molar-refractivity contribution is -0.117. The highest BCUT2D eigenvalue weighted by Gasteiger charge is 2.15. The zero-order valence-corrected chi connectivity index (χ0v) is 13.5. The molecule has 1 aromatic rings. The number of benzene rings is 1. The van der Waals surface area contributed by atoms with E-state index in [2.05, 4.69) is 17.1 Å². The molecule has 1 fully saturated rings. The van der Waals surface area contributed by atoms with E-state index >= 15 is 0 Å². The Bertz CT molecular complexity index is 473. The number of hydrogen-bond donors (Lipinski definition) is 1. The second-order valence-electron chi connectivity index (χ2n) is 5.54. The van der Waals surface area contributed by atoms with Gasteiger partial charge in [0.15, 0.2) is 0 Å². The first-order valence-corrected chi connectivity index (χ1v) is 8.00. The molecule has 1 aliphatic heterocycles. The molecule has 5 heteroatoms. The van der Waals surface area contributed by atoms with Gasteiger partial charge in [0.2, 0.25) is 5.91 Å². The number of para-hydroxylation sites is 2. The van der Waals surface area contributed by atoms with Crippen molar-refractivity contribution in [3.8, 4) is 0 Å². The summed E-state index contributed by atoms with van der Waals surface area (Å²) in [5.41, 5.74) is 1.87. The molecule has 1 heterocycles. The maximum Gasteiger partial charge on any atom is 0.226 e. The van der Waals surface area contributed by atoms with Gasteiger partial charge in [-0.2, -0.15) is 0 Å². The molecule has 1 aliphatic rings. The molecule has 122 valence electrons. The summed E-state index contributed by atoms with van der Waals surface area (Å²) in [6.07, 6.45) is 2.73. The molecular formula is C17H26N2O3. The lowest BCUT2D eigenvalue weighted by atomic mass is 10.2. The zero-order chi connectivity index (χ0) is 15.8. The van der Waals surface area contributed by atoms with E-state index in [9.17, 15) is 4.79 Å². The first kappa shape index (κ1) is 16.8. The minimum Gasteiger partial charge on any atom is -0.378 e. The average Bonchev–Trinajstić information content (AvgIpc) is 3.05. The Morgan fingerprint density at radius 1 is 1.45 bits per heavy atom. The third-order valence-corrected chi connectivity index (χ3v) is 3.86. The second-order valence-corrected chi connectivity index (χ2v) is 5.54. The molecule has 5 nitrogen and oxygen atoms in total. The number of nitrogens with zero attached hydrogens (tertiary/aromatic N) is 1. The van der Waals surface area contributed by atoms with E-state index in [4.69, 9.17) is 9.47 Å². The highest BCUT2D eigenvalue weighted by molar-refractivity contribution is 5.94. The molecule has 2 rings (SSSR count). The van der Waals surface area contributed by atoms with Gasteiger partial charge in [-0.05, 0) is 31.9 Å². The number of hydrogen-bond acceptors (Lipinski definition) is 4. The number of anilines is 2. The highest BCUT2D eigenvalue weighted by Crippen LogP contribution is 2.24. The Morgan fingerprint density at radius 3 is 3.00 bits per heavy atom. The summed E-state index contributed by atoms with van der Waals surface area (Å²) < 4.78 is 11.0. The normalized spacial score (nSPS) is 17.5. The van der Waals surface area contributed by atoms with Crippen molar-refractivity contribution in [3.63, 3.8) is 0 Å². The third kappa shape index (κ3) is 5.00. The topological polar surface area (TPSA) is 50.8 Å². The van der Waals surface area contributed by atoms with E-state index in [1.165, 1.54) is 0 Å². The van der Waals surface area contributed by atoms with Crippen LogP contribution in [0.15, 0.2) is 24.3 Å². The number of rotatable bonds is 8. The molecule has 0 saturated carbocycles. The van der Waals surface area contributed by atoms with Crippen molar-refractivity contribution in [2.24, 2.45) is 0 Å². The van der Waals surface area contributed by atoms with Gasteiger partial charge >= 0.3 is 0 Å². The van der Waals surface area contributed by atoms with Crippen LogP contribution in [0.4, 0.5) is 11.4 Å². The van der Waals surface area contributed by atoms with Crippen LogP contribution in [0.1, 0.15) is 26.2 Å². The van der Waals surface area contributed by atoms with Crippen molar-refractivity contribution in [1.29, 1.82) is 0 Å². The molecule has 1 N–H and O–H groups in total. The van der Waals surface area contributed by atoms with Crippen LogP contribution in [0.25, 0.3) is 0 Å². The van der Waals surface area contributed by atoms with Gasteiger partial charge in [-0.25, -0.2) is 0 Å². The fraction of sp³-hybridized carbons (Fsp3) is 0.588. The van der Waals surface area contributed by atoms with E-state index in [1.807, 2.05) is 31.3 Å². The van der Waals surface area contributed by atoms with Crippen LogP contribution in [-0.2, 0) is 14.3 Å². The summed E-state index contributed by atoms with van der Waals surface area (Å²) in [5.74, 6) is -0.0238. The molecule has 0 aliphatic carbocycles. The molecule has 1 atom stereocenters. The molecule has 1 aromatic carbocycles. The van der Waals surface area contributed by atoms with Crippen molar-refractivity contribution in [1.82, 2.24) is 0 Å². The smallest absolute Gasteiger partial charge is 0.226 e. The summed E-state index contributed by atoms with van der Waals surface area (Å²) in [5, 5.41) is 2.96. The predicted octanol–water partition coefficient (Wildman–Crippen LogP) is 2.67. The number of amides is 1. The number of nitrogens with one attached hydrogen (secondary N) is 1. The van der Waals surface area contributed by atoms with Gasteiger partial charge in [-0.3, -0.25) is 4.79 Å². The minimum atomic E-state index is -0.0238. The third-order valence-electron chi connectivity index (χ3n) is 3.86. The predicted molar refractivity (Wildman–Crippen MR) is 88.4 cm³/mol. The van der Waals surface area contributed by atoms with Crippen LogP contribution in [-0.4, -0.2) is 45.4 Å². The van der Waals surface area contributed by atoms with Crippen LogP contribution >= 0.6 is 0 Å². The van der Waals surface area contributed by atoms with Crippen LogP contribution in [0.3, 0.4) is 0 Å². The quantitative estimate of drug-likeness (QED) is 0.750. The Kier molecular flexibility index (Phi) is 6.68. The van der Waals surface area contributed by atoms with Gasteiger partial charge in [-0.15, -0.1) is 0 Å². The first-order valence-electron chi connectivity index (χ1n) is 8.00. The first-order chi connectivity index (χ1) is 10.7. The van der Waals surface area contributed by atoms with Crippen molar-refractivity contribution >= 4 is 17.3 Å². The maximum absolute atomic E-state index is 12.0. The monoisotopic (exact) mass is 306 g/mol. The molecule has 0 radical (unpaired) electrons.